The van der Waals surface area contributed by atoms with Crippen LogP contribution in [0.4, 0.5) is 4.79 Å². The lowest BCUT2D eigenvalue weighted by Gasteiger charge is -2.38. The van der Waals surface area contributed by atoms with Crippen molar-refractivity contribution >= 4 is 16.8 Å². The van der Waals surface area contributed by atoms with Crippen molar-refractivity contribution in [2.24, 2.45) is 0 Å². The molecule has 0 spiro atoms. The van der Waals surface area contributed by atoms with E-state index in [0.717, 1.165) is 11.3 Å². The van der Waals surface area contributed by atoms with E-state index in [1.165, 1.54) is 10.8 Å². The largest absolute Gasteiger partial charge is 0.334 e. The van der Waals surface area contributed by atoms with Crippen LogP contribution in [0, 0.1) is 0 Å². The number of urea groups is 1. The van der Waals surface area contributed by atoms with Gasteiger partial charge in [0.15, 0.2) is 0 Å². The fourth-order valence-corrected chi connectivity index (χ4v) is 3.55. The molecule has 0 unspecified atom stereocenters. The summed E-state index contributed by atoms with van der Waals surface area (Å²) in [7, 11) is 0. The van der Waals surface area contributed by atoms with Crippen LogP contribution in [0.3, 0.4) is 0 Å². The smallest absolute Gasteiger partial charge is 0.317 e. The second-order valence-electron chi connectivity index (χ2n) is 7.11. The maximum Gasteiger partial charge on any atom is 0.317 e. The SMILES string of the molecule is O=C(NCc1cccc2ccccc12)N1CC(n2cc(Cn3nccn3)nn2)C1. The van der Waals surface area contributed by atoms with Gasteiger partial charge in [0.05, 0.1) is 24.6 Å². The Kier molecular flexibility index (Phi) is 4.39. The molecule has 9 heteroatoms. The first-order valence-electron chi connectivity index (χ1n) is 9.50. The van der Waals surface area contributed by atoms with Crippen LogP contribution in [0.25, 0.3) is 10.8 Å². The van der Waals surface area contributed by atoms with Gasteiger partial charge in [0.25, 0.3) is 0 Å². The molecular formula is C20H20N8O. The molecule has 1 aliphatic heterocycles. The van der Waals surface area contributed by atoms with Crippen molar-refractivity contribution in [2.75, 3.05) is 13.1 Å². The lowest BCUT2D eigenvalue weighted by molar-refractivity contribution is 0.117. The van der Waals surface area contributed by atoms with Gasteiger partial charge >= 0.3 is 6.03 Å². The van der Waals surface area contributed by atoms with Gasteiger partial charge in [-0.3, -0.25) is 0 Å². The van der Waals surface area contributed by atoms with Gasteiger partial charge in [-0.15, -0.1) is 5.10 Å². The lowest BCUT2D eigenvalue weighted by Crippen LogP contribution is -2.54. The van der Waals surface area contributed by atoms with E-state index in [1.54, 1.807) is 22.1 Å². The average Bonchev–Trinajstić information content (AvgIpc) is 3.38. The number of nitrogens with one attached hydrogen (secondary N) is 1. The van der Waals surface area contributed by atoms with Gasteiger partial charge in [0.2, 0.25) is 0 Å². The maximum absolute atomic E-state index is 12.5. The first kappa shape index (κ1) is 17.4. The third-order valence-corrected chi connectivity index (χ3v) is 5.16. The molecule has 1 saturated heterocycles. The third kappa shape index (κ3) is 3.54. The second kappa shape index (κ2) is 7.34. The monoisotopic (exact) mass is 388 g/mol. The van der Waals surface area contributed by atoms with Gasteiger partial charge in [-0.05, 0) is 16.3 Å². The molecule has 0 radical (unpaired) electrons. The van der Waals surface area contributed by atoms with Gasteiger partial charge in [-0.25, -0.2) is 9.48 Å². The van der Waals surface area contributed by atoms with Gasteiger partial charge < -0.3 is 10.2 Å². The highest BCUT2D eigenvalue weighted by molar-refractivity contribution is 5.86. The number of fused-ring (bicyclic) bond motifs is 1. The number of amides is 2. The molecule has 1 aliphatic rings. The van der Waals surface area contributed by atoms with Crippen molar-refractivity contribution in [2.45, 2.75) is 19.1 Å². The number of hydrogen-bond donors (Lipinski definition) is 1. The van der Waals surface area contributed by atoms with Crippen LogP contribution in [-0.2, 0) is 13.1 Å². The molecule has 5 rings (SSSR count). The Hall–Kier alpha value is -3.75. The number of rotatable bonds is 5. The van der Waals surface area contributed by atoms with Crippen LogP contribution >= 0.6 is 0 Å². The Morgan fingerprint density at radius 2 is 1.86 bits per heavy atom. The van der Waals surface area contributed by atoms with Crippen LogP contribution in [0.1, 0.15) is 17.3 Å². The summed E-state index contributed by atoms with van der Waals surface area (Å²) in [5.74, 6) is 0. The van der Waals surface area contributed by atoms with E-state index in [4.69, 9.17) is 0 Å². The quantitative estimate of drug-likeness (QED) is 0.563. The molecule has 0 aliphatic carbocycles. The summed E-state index contributed by atoms with van der Waals surface area (Å²) >= 11 is 0. The Labute approximate surface area is 166 Å². The van der Waals surface area contributed by atoms with Crippen LogP contribution in [0.5, 0.6) is 0 Å². The molecule has 1 N–H and O–H groups in total. The molecule has 2 aromatic carbocycles. The highest BCUT2D eigenvalue weighted by Crippen LogP contribution is 2.21. The number of nitrogens with zero attached hydrogens (tertiary/aromatic N) is 7. The number of benzene rings is 2. The highest BCUT2D eigenvalue weighted by Gasteiger charge is 2.32. The Morgan fingerprint density at radius 1 is 1.07 bits per heavy atom. The summed E-state index contributed by atoms with van der Waals surface area (Å²) in [5, 5.41) is 21.8. The van der Waals surface area contributed by atoms with Crippen molar-refractivity contribution < 1.29 is 4.79 Å². The number of carbonyl (C=O) groups is 1. The molecule has 0 bridgehead atoms. The van der Waals surface area contributed by atoms with E-state index in [1.807, 2.05) is 35.1 Å². The van der Waals surface area contributed by atoms with E-state index < -0.39 is 0 Å². The normalized spacial score (nSPS) is 14.1. The van der Waals surface area contributed by atoms with Gasteiger partial charge in [0, 0.05) is 19.6 Å². The van der Waals surface area contributed by atoms with Crippen LogP contribution in [0.2, 0.25) is 0 Å². The summed E-state index contributed by atoms with van der Waals surface area (Å²) in [6.45, 7) is 2.22. The fraction of sp³-hybridized carbons (Fsp3) is 0.250. The molecule has 1 fully saturated rings. The van der Waals surface area contributed by atoms with Crippen LogP contribution in [0.15, 0.2) is 61.1 Å². The number of likely N-dealkylation sites (tertiary alicyclic amines) is 1. The van der Waals surface area contributed by atoms with Gasteiger partial charge in [-0.1, -0.05) is 47.7 Å². The maximum atomic E-state index is 12.5. The molecular weight excluding hydrogens is 368 g/mol. The molecule has 0 atom stereocenters. The first-order chi connectivity index (χ1) is 14.3. The van der Waals surface area contributed by atoms with Crippen molar-refractivity contribution in [1.82, 2.24) is 40.2 Å². The van der Waals surface area contributed by atoms with Crippen molar-refractivity contribution in [1.29, 1.82) is 0 Å². The average molecular weight is 388 g/mol. The van der Waals surface area contributed by atoms with Crippen LogP contribution < -0.4 is 5.32 Å². The molecule has 3 heterocycles. The molecule has 9 nitrogen and oxygen atoms in total. The van der Waals surface area contributed by atoms with Crippen molar-refractivity contribution in [3.63, 3.8) is 0 Å². The fourth-order valence-electron chi connectivity index (χ4n) is 3.55. The molecule has 4 aromatic rings. The Bertz CT molecular complexity index is 1130. The molecule has 0 saturated carbocycles. The predicted octanol–water partition coefficient (Wildman–Crippen LogP) is 1.84. The lowest BCUT2D eigenvalue weighted by atomic mass is 10.0. The molecule has 2 amide bonds. The minimum absolute atomic E-state index is 0.0599. The summed E-state index contributed by atoms with van der Waals surface area (Å²) < 4.78 is 1.81. The van der Waals surface area contributed by atoms with E-state index >= 15 is 0 Å². The predicted molar refractivity (Wildman–Crippen MR) is 106 cm³/mol. The molecule has 2 aromatic heterocycles. The van der Waals surface area contributed by atoms with E-state index in [9.17, 15) is 4.79 Å². The summed E-state index contributed by atoms with van der Waals surface area (Å²) in [6, 6.07) is 14.4. The summed E-state index contributed by atoms with van der Waals surface area (Å²) in [4.78, 5) is 15.8. The zero-order valence-electron chi connectivity index (χ0n) is 15.7. The van der Waals surface area contributed by atoms with E-state index in [-0.39, 0.29) is 12.1 Å². The van der Waals surface area contributed by atoms with Crippen molar-refractivity contribution in [3.05, 3.63) is 72.3 Å². The van der Waals surface area contributed by atoms with Gasteiger partial charge in [0.1, 0.15) is 12.2 Å². The second-order valence-corrected chi connectivity index (χ2v) is 7.11. The third-order valence-electron chi connectivity index (χ3n) is 5.16. The Balaban J connectivity index is 1.15. The highest BCUT2D eigenvalue weighted by atomic mass is 16.2. The molecule has 29 heavy (non-hydrogen) atoms. The number of aromatic nitrogens is 6. The van der Waals surface area contributed by atoms with E-state index in [0.29, 0.717) is 26.2 Å². The van der Waals surface area contributed by atoms with Gasteiger partial charge in [-0.2, -0.15) is 15.0 Å². The zero-order valence-corrected chi connectivity index (χ0v) is 15.7. The molecule has 146 valence electrons. The first-order valence-corrected chi connectivity index (χ1v) is 9.50. The minimum Gasteiger partial charge on any atom is -0.334 e. The van der Waals surface area contributed by atoms with E-state index in [2.05, 4.69) is 44.0 Å². The zero-order chi connectivity index (χ0) is 19.6. The van der Waals surface area contributed by atoms with Crippen LogP contribution in [-0.4, -0.2) is 54.0 Å². The topological polar surface area (TPSA) is 93.8 Å². The Morgan fingerprint density at radius 3 is 2.72 bits per heavy atom. The van der Waals surface area contributed by atoms with Crippen molar-refractivity contribution in [3.8, 4) is 0 Å². The summed E-state index contributed by atoms with van der Waals surface area (Å²) in [6.07, 6.45) is 5.15. The standard InChI is InChI=1S/C20H20N8O/c29-20(21-10-16-6-3-5-15-4-1-2-7-19(15)16)26-13-18(14-26)27-11-17(24-25-27)12-28-22-8-9-23-28/h1-9,11,18H,10,12-14H2,(H,21,29). The summed E-state index contributed by atoms with van der Waals surface area (Å²) in [5.41, 5.74) is 1.90. The number of hydrogen-bond acceptors (Lipinski definition) is 5. The number of carbonyl (C=O) groups excluding carboxylic acids is 1. The minimum atomic E-state index is -0.0599.